The van der Waals surface area contributed by atoms with Gasteiger partial charge in [0.1, 0.15) is 11.9 Å². The van der Waals surface area contributed by atoms with E-state index in [-0.39, 0.29) is 12.0 Å². The van der Waals surface area contributed by atoms with Gasteiger partial charge in [0, 0.05) is 17.4 Å². The second kappa shape index (κ2) is 3.66. The molecule has 0 atom stereocenters. The van der Waals surface area contributed by atoms with Crippen LogP contribution in [0.15, 0.2) is 28.9 Å². The second-order valence-electron chi connectivity index (χ2n) is 3.34. The van der Waals surface area contributed by atoms with Gasteiger partial charge in [0.05, 0.1) is 11.8 Å². The summed E-state index contributed by atoms with van der Waals surface area (Å²) in [6, 6.07) is 3.23. The quantitative estimate of drug-likeness (QED) is 0.739. The van der Waals surface area contributed by atoms with Crippen LogP contribution in [0.1, 0.15) is 11.1 Å². The van der Waals surface area contributed by atoms with E-state index in [1.807, 2.05) is 0 Å². The van der Waals surface area contributed by atoms with Crippen LogP contribution < -0.4 is 0 Å². The molecule has 2 aromatic rings. The van der Waals surface area contributed by atoms with E-state index in [1.165, 1.54) is 12.3 Å². The molecular weight excluding hydrogens is 221 g/mol. The molecule has 0 saturated heterocycles. The highest BCUT2D eigenvalue weighted by molar-refractivity contribution is 5.83. The lowest BCUT2D eigenvalue weighted by Gasteiger charge is -2.05. The first-order valence-corrected chi connectivity index (χ1v) is 4.53. The minimum Gasteiger partial charge on any atom is -0.464 e. The molecule has 5 heteroatoms. The van der Waals surface area contributed by atoms with Gasteiger partial charge in [-0.1, -0.05) is 6.07 Å². The van der Waals surface area contributed by atoms with Crippen molar-refractivity contribution in [3.05, 3.63) is 35.6 Å². The summed E-state index contributed by atoms with van der Waals surface area (Å²) >= 11 is 0. The van der Waals surface area contributed by atoms with E-state index in [1.54, 1.807) is 0 Å². The molecule has 2 nitrogen and oxygen atoms in total. The minimum absolute atomic E-state index is 0.137. The van der Waals surface area contributed by atoms with Crippen molar-refractivity contribution in [1.82, 2.24) is 0 Å². The second-order valence-corrected chi connectivity index (χ2v) is 3.34. The predicted octanol–water partition coefficient (Wildman–Crippen LogP) is 3.19. The fourth-order valence-electron chi connectivity index (χ4n) is 1.51. The lowest BCUT2D eigenvalue weighted by Crippen LogP contribution is -2.03. The average Bonchev–Trinajstić information content (AvgIpc) is 2.60. The molecule has 2 rings (SSSR count). The van der Waals surface area contributed by atoms with Crippen molar-refractivity contribution in [2.45, 2.75) is 12.6 Å². The summed E-state index contributed by atoms with van der Waals surface area (Å²) in [6.07, 6.45) is -2.26. The van der Waals surface area contributed by atoms with Crippen molar-refractivity contribution in [2.24, 2.45) is 0 Å². The van der Waals surface area contributed by atoms with Crippen molar-refractivity contribution in [2.75, 3.05) is 0 Å². The Balaban J connectivity index is 2.53. The van der Waals surface area contributed by atoms with Crippen LogP contribution in [-0.4, -0.2) is 6.29 Å². The molecule has 0 aliphatic carbocycles. The van der Waals surface area contributed by atoms with Gasteiger partial charge in [-0.3, -0.25) is 0 Å². The van der Waals surface area contributed by atoms with Gasteiger partial charge in [-0.2, -0.15) is 13.2 Å². The van der Waals surface area contributed by atoms with E-state index in [0.29, 0.717) is 17.2 Å². The van der Waals surface area contributed by atoms with Gasteiger partial charge in [0.25, 0.3) is 0 Å². The van der Waals surface area contributed by atoms with Crippen LogP contribution in [0.2, 0.25) is 0 Å². The molecule has 0 spiro atoms. The number of hydrogen-bond acceptors (Lipinski definition) is 2. The molecule has 0 unspecified atom stereocenters. The molecule has 16 heavy (non-hydrogen) atoms. The molecule has 84 valence electrons. The Morgan fingerprint density at radius 1 is 1.31 bits per heavy atom. The third-order valence-electron chi connectivity index (χ3n) is 2.29. The summed E-state index contributed by atoms with van der Waals surface area (Å²) in [4.78, 5) is 10.3. The van der Waals surface area contributed by atoms with Gasteiger partial charge in [-0.25, -0.2) is 0 Å². The van der Waals surface area contributed by atoms with E-state index in [4.69, 9.17) is 4.42 Å². The van der Waals surface area contributed by atoms with Crippen molar-refractivity contribution in [3.63, 3.8) is 0 Å². The molecule has 0 saturated carbocycles. The van der Waals surface area contributed by atoms with Gasteiger partial charge < -0.3 is 9.21 Å². The lowest BCUT2D eigenvalue weighted by molar-refractivity contribution is -0.137. The highest BCUT2D eigenvalue weighted by atomic mass is 19.4. The first-order chi connectivity index (χ1) is 7.52. The molecule has 0 N–H and O–H groups in total. The summed E-state index contributed by atoms with van der Waals surface area (Å²) in [5.41, 5.74) is -0.0163. The molecule has 1 aromatic carbocycles. The SMILES string of the molecule is O=CCc1coc2cc(C(F)(F)F)ccc12. The van der Waals surface area contributed by atoms with Crippen molar-refractivity contribution >= 4 is 17.3 Å². The number of carbonyl (C=O) groups excluding carboxylic acids is 1. The van der Waals surface area contributed by atoms with E-state index in [9.17, 15) is 18.0 Å². The third kappa shape index (κ3) is 1.80. The molecule has 0 aliphatic heterocycles. The topological polar surface area (TPSA) is 30.2 Å². The number of halogens is 3. The molecule has 0 aliphatic rings. The van der Waals surface area contributed by atoms with Crippen molar-refractivity contribution < 1.29 is 22.4 Å². The molecule has 0 amide bonds. The highest BCUT2D eigenvalue weighted by Crippen LogP contribution is 2.32. The normalized spacial score (nSPS) is 11.9. The van der Waals surface area contributed by atoms with Crippen LogP contribution in [0.3, 0.4) is 0 Å². The monoisotopic (exact) mass is 228 g/mol. The first kappa shape index (κ1) is 10.7. The van der Waals surface area contributed by atoms with Gasteiger partial charge >= 0.3 is 6.18 Å². The molecule has 0 bridgehead atoms. The summed E-state index contributed by atoms with van der Waals surface area (Å²) in [5.74, 6) is 0. The predicted molar refractivity (Wildman–Crippen MR) is 51.0 cm³/mol. The zero-order valence-electron chi connectivity index (χ0n) is 8.04. The smallest absolute Gasteiger partial charge is 0.416 e. The van der Waals surface area contributed by atoms with Crippen LogP contribution in [0, 0.1) is 0 Å². The van der Waals surface area contributed by atoms with Gasteiger partial charge in [-0.15, -0.1) is 0 Å². The highest BCUT2D eigenvalue weighted by Gasteiger charge is 2.30. The summed E-state index contributed by atoms with van der Waals surface area (Å²) in [6.45, 7) is 0. The number of hydrogen-bond donors (Lipinski definition) is 0. The largest absolute Gasteiger partial charge is 0.464 e. The maximum atomic E-state index is 12.4. The first-order valence-electron chi connectivity index (χ1n) is 4.53. The lowest BCUT2D eigenvalue weighted by atomic mass is 10.1. The van der Waals surface area contributed by atoms with Crippen LogP contribution >= 0.6 is 0 Å². The standard InChI is InChI=1S/C11H7F3O2/c12-11(13,14)8-1-2-9-7(3-4-15)6-16-10(9)5-8/h1-2,4-6H,3H2. The van der Waals surface area contributed by atoms with Crippen LogP contribution in [-0.2, 0) is 17.4 Å². The molecule has 1 aromatic heterocycles. The maximum absolute atomic E-state index is 12.4. The Morgan fingerprint density at radius 2 is 2.06 bits per heavy atom. The van der Waals surface area contributed by atoms with Crippen LogP contribution in [0.5, 0.6) is 0 Å². The van der Waals surface area contributed by atoms with Gasteiger partial charge in [-0.05, 0) is 12.1 Å². The Kier molecular flexibility index (Phi) is 2.46. The molecule has 1 heterocycles. The van der Waals surface area contributed by atoms with E-state index in [0.717, 1.165) is 12.1 Å². The van der Waals surface area contributed by atoms with E-state index in [2.05, 4.69) is 0 Å². The van der Waals surface area contributed by atoms with Crippen LogP contribution in [0.4, 0.5) is 13.2 Å². The minimum atomic E-state index is -4.38. The van der Waals surface area contributed by atoms with Crippen molar-refractivity contribution in [3.8, 4) is 0 Å². The van der Waals surface area contributed by atoms with Gasteiger partial charge in [0.15, 0.2) is 0 Å². The number of alkyl halides is 3. The zero-order chi connectivity index (χ0) is 11.8. The zero-order valence-corrected chi connectivity index (χ0v) is 8.04. The number of furan rings is 1. The summed E-state index contributed by atoms with van der Waals surface area (Å²) in [5, 5.41) is 0.542. The van der Waals surface area contributed by atoms with E-state index >= 15 is 0 Å². The van der Waals surface area contributed by atoms with Crippen molar-refractivity contribution in [1.29, 1.82) is 0 Å². The summed E-state index contributed by atoms with van der Waals surface area (Å²) in [7, 11) is 0. The van der Waals surface area contributed by atoms with Crippen LogP contribution in [0.25, 0.3) is 11.0 Å². The Labute approximate surface area is 88.7 Å². The maximum Gasteiger partial charge on any atom is 0.416 e. The average molecular weight is 228 g/mol. The fraction of sp³-hybridized carbons (Fsp3) is 0.182. The molecular formula is C11H7F3O2. The Bertz CT molecular complexity index is 525. The number of benzene rings is 1. The number of aldehydes is 1. The molecule has 0 radical (unpaired) electrons. The summed E-state index contributed by atoms with van der Waals surface area (Å²) < 4.78 is 42.1. The van der Waals surface area contributed by atoms with E-state index < -0.39 is 11.7 Å². The fourth-order valence-corrected chi connectivity index (χ4v) is 1.51. The number of rotatable bonds is 2. The number of carbonyl (C=O) groups is 1. The third-order valence-corrected chi connectivity index (χ3v) is 2.29. The molecule has 0 fully saturated rings. The van der Waals surface area contributed by atoms with Gasteiger partial charge in [0.2, 0.25) is 0 Å². The Morgan fingerprint density at radius 3 is 2.69 bits per heavy atom. The number of fused-ring (bicyclic) bond motifs is 1. The Hall–Kier alpha value is -1.78.